The second-order valence-electron chi connectivity index (χ2n) is 5.45. The first-order valence-corrected chi connectivity index (χ1v) is 7.99. The molecule has 0 aliphatic carbocycles. The van der Waals surface area contributed by atoms with Crippen LogP contribution in [0.25, 0.3) is 0 Å². The molecule has 0 heterocycles. The van der Waals surface area contributed by atoms with Crippen LogP contribution in [0.3, 0.4) is 0 Å². The number of anilines is 3. The van der Waals surface area contributed by atoms with E-state index < -0.39 is 0 Å². The van der Waals surface area contributed by atoms with Crippen molar-refractivity contribution in [2.45, 2.75) is 20.3 Å². The van der Waals surface area contributed by atoms with Gasteiger partial charge < -0.3 is 16.0 Å². The van der Waals surface area contributed by atoms with Gasteiger partial charge in [0.25, 0.3) is 0 Å². The first kappa shape index (κ1) is 17.8. The summed E-state index contributed by atoms with van der Waals surface area (Å²) in [7, 11) is 0. The molecule has 0 unspecified atom stereocenters. The highest BCUT2D eigenvalue weighted by Gasteiger charge is 2.05. The fraction of sp³-hybridized carbons (Fsp3) is 0.222. The van der Waals surface area contributed by atoms with Gasteiger partial charge in [0.2, 0.25) is 11.8 Å². The van der Waals surface area contributed by atoms with Gasteiger partial charge in [-0.1, -0.05) is 17.7 Å². The first-order chi connectivity index (χ1) is 11.4. The average molecular weight is 346 g/mol. The smallest absolute Gasteiger partial charge is 0.226 e. The number of hydrogen-bond donors (Lipinski definition) is 3. The highest BCUT2D eigenvalue weighted by atomic mass is 35.5. The van der Waals surface area contributed by atoms with Crippen molar-refractivity contribution in [3.63, 3.8) is 0 Å². The van der Waals surface area contributed by atoms with Gasteiger partial charge in [-0.05, 0) is 48.9 Å². The van der Waals surface area contributed by atoms with Gasteiger partial charge in [-0.25, -0.2) is 0 Å². The van der Waals surface area contributed by atoms with E-state index in [9.17, 15) is 9.59 Å². The minimum atomic E-state index is -0.120. The van der Waals surface area contributed by atoms with Crippen molar-refractivity contribution in [1.82, 2.24) is 0 Å². The molecular weight excluding hydrogens is 326 g/mol. The summed E-state index contributed by atoms with van der Waals surface area (Å²) in [6.45, 7) is 3.85. The Labute approximate surface area is 146 Å². The zero-order valence-electron chi connectivity index (χ0n) is 13.7. The lowest BCUT2D eigenvalue weighted by atomic mass is 10.2. The maximum atomic E-state index is 12.0. The van der Waals surface area contributed by atoms with Gasteiger partial charge >= 0.3 is 0 Å². The van der Waals surface area contributed by atoms with Crippen molar-refractivity contribution < 1.29 is 9.59 Å². The first-order valence-electron chi connectivity index (χ1n) is 7.61. The van der Waals surface area contributed by atoms with Crippen LogP contribution in [0.15, 0.2) is 42.5 Å². The Morgan fingerprint density at radius 3 is 2.50 bits per heavy atom. The molecule has 0 aliphatic rings. The van der Waals surface area contributed by atoms with Gasteiger partial charge in [-0.2, -0.15) is 0 Å². The molecule has 0 radical (unpaired) electrons. The average Bonchev–Trinajstić information content (AvgIpc) is 2.50. The van der Waals surface area contributed by atoms with Crippen molar-refractivity contribution in [2.24, 2.45) is 0 Å². The molecule has 6 heteroatoms. The van der Waals surface area contributed by atoms with Gasteiger partial charge in [0, 0.05) is 42.0 Å². The second kappa shape index (κ2) is 8.36. The van der Waals surface area contributed by atoms with Crippen molar-refractivity contribution in [3.8, 4) is 0 Å². The summed E-state index contributed by atoms with van der Waals surface area (Å²) in [4.78, 5) is 23.1. The Hall–Kier alpha value is -2.53. The number of hydrogen-bond acceptors (Lipinski definition) is 3. The van der Waals surface area contributed by atoms with E-state index in [-0.39, 0.29) is 11.8 Å². The van der Waals surface area contributed by atoms with E-state index in [4.69, 9.17) is 11.6 Å². The highest BCUT2D eigenvalue weighted by molar-refractivity contribution is 6.30. The molecule has 0 saturated heterocycles. The predicted octanol–water partition coefficient (Wildman–Crippen LogP) is 4.05. The van der Waals surface area contributed by atoms with Crippen molar-refractivity contribution in [3.05, 3.63) is 53.1 Å². The van der Waals surface area contributed by atoms with E-state index >= 15 is 0 Å². The van der Waals surface area contributed by atoms with E-state index in [1.54, 1.807) is 12.1 Å². The molecule has 0 spiro atoms. The molecule has 0 saturated carbocycles. The van der Waals surface area contributed by atoms with Crippen LogP contribution >= 0.6 is 11.6 Å². The lowest BCUT2D eigenvalue weighted by Crippen LogP contribution is -2.16. The fourth-order valence-electron chi connectivity index (χ4n) is 2.21. The van der Waals surface area contributed by atoms with Crippen LogP contribution in [0.5, 0.6) is 0 Å². The Balaban J connectivity index is 1.83. The maximum absolute atomic E-state index is 12.0. The molecule has 126 valence electrons. The number of amides is 2. The molecule has 0 aromatic heterocycles. The molecule has 2 aromatic rings. The largest absolute Gasteiger partial charge is 0.384 e. The molecule has 2 aromatic carbocycles. The topological polar surface area (TPSA) is 70.2 Å². The summed E-state index contributed by atoms with van der Waals surface area (Å²) in [5, 5.41) is 9.40. The summed E-state index contributed by atoms with van der Waals surface area (Å²) in [6, 6.07) is 12.7. The Bertz CT molecular complexity index is 747. The lowest BCUT2D eigenvalue weighted by Gasteiger charge is -2.10. The van der Waals surface area contributed by atoms with Crippen LogP contribution in [0.4, 0.5) is 17.1 Å². The van der Waals surface area contributed by atoms with Gasteiger partial charge in [0.15, 0.2) is 0 Å². The molecular formula is C18H20ClN3O2. The van der Waals surface area contributed by atoms with E-state index in [0.717, 1.165) is 16.9 Å². The number of carbonyl (C=O) groups excluding carboxylic acids is 2. The summed E-state index contributed by atoms with van der Waals surface area (Å²) < 4.78 is 0. The van der Waals surface area contributed by atoms with E-state index in [1.807, 2.05) is 37.3 Å². The molecule has 0 aliphatic heterocycles. The van der Waals surface area contributed by atoms with Gasteiger partial charge in [0.1, 0.15) is 0 Å². The molecule has 3 N–H and O–H groups in total. The summed E-state index contributed by atoms with van der Waals surface area (Å²) in [5.74, 6) is -0.198. The third-order valence-electron chi connectivity index (χ3n) is 3.33. The summed E-state index contributed by atoms with van der Waals surface area (Å²) in [6.07, 6.45) is 0.326. The number of benzene rings is 2. The minimum Gasteiger partial charge on any atom is -0.384 e. The van der Waals surface area contributed by atoms with Crippen molar-refractivity contribution >= 4 is 40.5 Å². The van der Waals surface area contributed by atoms with Gasteiger partial charge in [-0.15, -0.1) is 0 Å². The van der Waals surface area contributed by atoms with Crippen LogP contribution in [-0.2, 0) is 9.59 Å². The number of rotatable bonds is 6. The van der Waals surface area contributed by atoms with Crippen LogP contribution in [0, 0.1) is 6.92 Å². The molecule has 0 atom stereocenters. The van der Waals surface area contributed by atoms with Crippen LogP contribution in [0.1, 0.15) is 18.9 Å². The molecule has 2 amide bonds. The zero-order valence-corrected chi connectivity index (χ0v) is 14.4. The van der Waals surface area contributed by atoms with Gasteiger partial charge in [-0.3, -0.25) is 9.59 Å². The second-order valence-corrected chi connectivity index (χ2v) is 5.88. The third kappa shape index (κ3) is 5.59. The summed E-state index contributed by atoms with van der Waals surface area (Å²) in [5.41, 5.74) is 3.24. The predicted molar refractivity (Wildman–Crippen MR) is 98.7 cm³/mol. The van der Waals surface area contributed by atoms with E-state index in [0.29, 0.717) is 23.7 Å². The molecule has 24 heavy (non-hydrogen) atoms. The fourth-order valence-corrected chi connectivity index (χ4v) is 2.44. The highest BCUT2D eigenvalue weighted by Crippen LogP contribution is 2.20. The van der Waals surface area contributed by atoms with E-state index in [2.05, 4.69) is 16.0 Å². The number of aryl methyl sites for hydroxylation is 1. The molecule has 2 rings (SSSR count). The van der Waals surface area contributed by atoms with E-state index in [1.165, 1.54) is 6.92 Å². The lowest BCUT2D eigenvalue weighted by molar-refractivity contribution is -0.116. The maximum Gasteiger partial charge on any atom is 0.226 e. The zero-order chi connectivity index (χ0) is 17.5. The minimum absolute atomic E-state index is 0.0778. The van der Waals surface area contributed by atoms with Crippen molar-refractivity contribution in [1.29, 1.82) is 0 Å². The number of carbonyl (C=O) groups is 2. The van der Waals surface area contributed by atoms with Crippen LogP contribution < -0.4 is 16.0 Å². The molecule has 0 fully saturated rings. The molecule has 0 bridgehead atoms. The Kier molecular flexibility index (Phi) is 6.21. The number of nitrogens with one attached hydrogen (secondary N) is 3. The Morgan fingerprint density at radius 1 is 1.04 bits per heavy atom. The normalized spacial score (nSPS) is 10.1. The van der Waals surface area contributed by atoms with Crippen LogP contribution in [-0.4, -0.2) is 18.4 Å². The monoisotopic (exact) mass is 345 g/mol. The SMILES string of the molecule is CC(=O)Nc1cccc(NCCC(=O)Nc2ccc(Cl)cc2C)c1. The third-order valence-corrected chi connectivity index (χ3v) is 3.56. The van der Waals surface area contributed by atoms with Crippen molar-refractivity contribution in [2.75, 3.05) is 22.5 Å². The standard InChI is InChI=1S/C18H20ClN3O2/c1-12-10-14(19)6-7-17(12)22-18(24)8-9-20-15-4-3-5-16(11-15)21-13(2)23/h3-7,10-11,20H,8-9H2,1-2H3,(H,21,23)(H,22,24). The van der Waals surface area contributed by atoms with Crippen LogP contribution in [0.2, 0.25) is 5.02 Å². The summed E-state index contributed by atoms with van der Waals surface area (Å²) >= 11 is 5.90. The quantitative estimate of drug-likeness (QED) is 0.739. The molecule has 5 nitrogen and oxygen atoms in total. The Morgan fingerprint density at radius 2 is 1.79 bits per heavy atom. The number of halogens is 1. The van der Waals surface area contributed by atoms with Gasteiger partial charge in [0.05, 0.1) is 0 Å².